The van der Waals surface area contributed by atoms with Crippen molar-refractivity contribution >= 4 is 50.7 Å². The summed E-state index contributed by atoms with van der Waals surface area (Å²) in [4.78, 5) is 12.1. The smallest absolute Gasteiger partial charge is 0.272 e. The highest BCUT2D eigenvalue weighted by molar-refractivity contribution is 9.10. The Hall–Kier alpha value is -1.04. The van der Waals surface area contributed by atoms with Crippen molar-refractivity contribution in [2.24, 2.45) is 7.05 Å². The largest absolute Gasteiger partial charge is 0.345 e. The van der Waals surface area contributed by atoms with E-state index >= 15 is 0 Å². The van der Waals surface area contributed by atoms with Crippen molar-refractivity contribution in [1.29, 1.82) is 0 Å². The lowest BCUT2D eigenvalue weighted by Gasteiger charge is -2.10. The average molecular weight is 366 g/mol. The second-order valence-electron chi connectivity index (χ2n) is 3.85. The lowest BCUT2D eigenvalue weighted by Crippen LogP contribution is -2.16. The first-order chi connectivity index (χ1) is 8.88. The quantitative estimate of drug-likeness (QED) is 0.836. The average Bonchev–Trinajstić information content (AvgIpc) is 2.62. The molecule has 0 saturated heterocycles. The van der Waals surface area contributed by atoms with Gasteiger partial charge in [0.15, 0.2) is 0 Å². The molecular weight excluding hydrogens is 358 g/mol. The molecule has 0 radical (unpaired) electrons. The van der Waals surface area contributed by atoms with Gasteiger partial charge >= 0.3 is 0 Å². The van der Waals surface area contributed by atoms with Crippen molar-refractivity contribution in [3.05, 3.63) is 50.4 Å². The number of nitrogens with one attached hydrogen (secondary N) is 1. The Kier molecular flexibility index (Phi) is 4.18. The number of hydrogen-bond donors (Lipinski definition) is 1. The zero-order chi connectivity index (χ0) is 14.2. The lowest BCUT2D eigenvalue weighted by atomic mass is 10.3. The summed E-state index contributed by atoms with van der Waals surface area (Å²) in [7, 11) is 1.70. The Bertz CT molecular complexity index is 634. The summed E-state index contributed by atoms with van der Waals surface area (Å²) in [6.45, 7) is 0. The zero-order valence-corrected chi connectivity index (χ0v) is 12.8. The van der Waals surface area contributed by atoms with Crippen LogP contribution in [0, 0.1) is 5.82 Å². The van der Waals surface area contributed by atoms with Gasteiger partial charge in [0.05, 0.1) is 15.7 Å². The number of carbonyl (C=O) groups is 1. The first-order valence-electron chi connectivity index (χ1n) is 5.16. The molecule has 0 fully saturated rings. The van der Waals surface area contributed by atoms with E-state index in [0.29, 0.717) is 20.9 Å². The van der Waals surface area contributed by atoms with Crippen LogP contribution in [-0.4, -0.2) is 10.5 Å². The molecular formula is C12H8BrCl2FN2O. The summed E-state index contributed by atoms with van der Waals surface area (Å²) >= 11 is 14.9. The van der Waals surface area contributed by atoms with E-state index in [1.54, 1.807) is 17.8 Å². The molecule has 0 atom stereocenters. The summed E-state index contributed by atoms with van der Waals surface area (Å²) in [5.74, 6) is -0.875. The number of rotatable bonds is 2. The van der Waals surface area contributed by atoms with Gasteiger partial charge in [-0.1, -0.05) is 23.2 Å². The summed E-state index contributed by atoms with van der Waals surface area (Å²) in [6, 6.07) is 3.88. The van der Waals surface area contributed by atoms with E-state index in [4.69, 9.17) is 23.2 Å². The molecule has 1 aromatic heterocycles. The fraction of sp³-hybridized carbons (Fsp3) is 0.0833. The van der Waals surface area contributed by atoms with E-state index in [-0.39, 0.29) is 10.9 Å². The molecule has 7 heteroatoms. The van der Waals surface area contributed by atoms with Crippen LogP contribution in [0.1, 0.15) is 10.5 Å². The van der Waals surface area contributed by atoms with Crippen LogP contribution in [0.4, 0.5) is 10.1 Å². The maximum absolute atomic E-state index is 13.1. The van der Waals surface area contributed by atoms with Gasteiger partial charge in [0.25, 0.3) is 5.91 Å². The molecule has 0 aliphatic rings. The Labute approximate surface area is 127 Å². The fourth-order valence-electron chi connectivity index (χ4n) is 1.59. The van der Waals surface area contributed by atoms with E-state index in [1.165, 1.54) is 12.1 Å². The number of benzene rings is 1. The molecule has 0 saturated carbocycles. The van der Waals surface area contributed by atoms with Crippen LogP contribution in [0.25, 0.3) is 0 Å². The molecule has 1 N–H and O–H groups in total. The van der Waals surface area contributed by atoms with Crippen LogP contribution in [0.15, 0.2) is 28.9 Å². The Morgan fingerprint density at radius 3 is 2.58 bits per heavy atom. The first kappa shape index (κ1) is 14.4. The minimum absolute atomic E-state index is 0.112. The molecule has 0 unspecified atom stereocenters. The van der Waals surface area contributed by atoms with E-state index in [0.717, 1.165) is 6.07 Å². The predicted octanol–water partition coefficient (Wildman–Crippen LogP) is 4.49. The van der Waals surface area contributed by atoms with Crippen molar-refractivity contribution in [1.82, 2.24) is 4.57 Å². The highest BCUT2D eigenvalue weighted by Crippen LogP contribution is 2.32. The number of halogens is 4. The Balaban J connectivity index is 2.32. The number of amides is 1. The minimum atomic E-state index is -0.489. The van der Waals surface area contributed by atoms with Crippen LogP contribution in [0.5, 0.6) is 0 Å². The fourth-order valence-corrected chi connectivity index (χ4v) is 2.74. The van der Waals surface area contributed by atoms with Gasteiger partial charge in [-0.2, -0.15) is 0 Å². The van der Waals surface area contributed by atoms with Gasteiger partial charge in [-0.25, -0.2) is 4.39 Å². The number of nitrogens with zero attached hydrogens (tertiary/aromatic N) is 1. The van der Waals surface area contributed by atoms with Gasteiger partial charge in [-0.15, -0.1) is 0 Å². The summed E-state index contributed by atoms with van der Waals surface area (Å²) in [6.07, 6.45) is 1.61. The highest BCUT2D eigenvalue weighted by Gasteiger charge is 2.15. The van der Waals surface area contributed by atoms with Crippen LogP contribution in [0.3, 0.4) is 0 Å². The van der Waals surface area contributed by atoms with Crippen LogP contribution < -0.4 is 5.32 Å². The minimum Gasteiger partial charge on any atom is -0.345 e. The standard InChI is InChI=1S/C12H8BrCl2FN2O/c1-18-5-6(14)2-10(18)12(19)17-11-8(13)3-7(16)4-9(11)15/h2-5H,1H3,(H,17,19). The molecule has 1 amide bonds. The Morgan fingerprint density at radius 2 is 2.05 bits per heavy atom. The highest BCUT2D eigenvalue weighted by atomic mass is 79.9. The summed E-state index contributed by atoms with van der Waals surface area (Å²) < 4.78 is 15.0. The molecule has 0 aliphatic heterocycles. The summed E-state index contributed by atoms with van der Waals surface area (Å²) in [5.41, 5.74) is 0.683. The molecule has 0 bridgehead atoms. The third-order valence-electron chi connectivity index (χ3n) is 2.45. The molecule has 1 heterocycles. The molecule has 1 aromatic carbocycles. The molecule has 0 aliphatic carbocycles. The maximum Gasteiger partial charge on any atom is 0.272 e. The van der Waals surface area contributed by atoms with E-state index in [9.17, 15) is 9.18 Å². The van der Waals surface area contributed by atoms with Crippen LogP contribution in [0.2, 0.25) is 10.0 Å². The second kappa shape index (κ2) is 5.53. The van der Waals surface area contributed by atoms with Crippen molar-refractivity contribution in [2.75, 3.05) is 5.32 Å². The van der Waals surface area contributed by atoms with Crippen molar-refractivity contribution in [3.63, 3.8) is 0 Å². The molecule has 2 aromatic rings. The number of hydrogen-bond acceptors (Lipinski definition) is 1. The van der Waals surface area contributed by atoms with Crippen molar-refractivity contribution in [3.8, 4) is 0 Å². The molecule has 3 nitrogen and oxygen atoms in total. The maximum atomic E-state index is 13.1. The monoisotopic (exact) mass is 364 g/mol. The van der Waals surface area contributed by atoms with Crippen molar-refractivity contribution < 1.29 is 9.18 Å². The summed E-state index contributed by atoms with van der Waals surface area (Å²) in [5, 5.41) is 3.18. The van der Waals surface area contributed by atoms with E-state index in [2.05, 4.69) is 21.2 Å². The third kappa shape index (κ3) is 3.11. The predicted molar refractivity (Wildman–Crippen MR) is 77.5 cm³/mol. The van der Waals surface area contributed by atoms with Gasteiger partial charge in [0.1, 0.15) is 11.5 Å². The van der Waals surface area contributed by atoms with Crippen LogP contribution in [-0.2, 0) is 7.05 Å². The number of aromatic nitrogens is 1. The van der Waals surface area contributed by atoms with E-state index in [1.807, 2.05) is 0 Å². The van der Waals surface area contributed by atoms with Gasteiger partial charge in [0, 0.05) is 17.7 Å². The SMILES string of the molecule is Cn1cc(Cl)cc1C(=O)Nc1c(Cl)cc(F)cc1Br. The number of aryl methyl sites for hydroxylation is 1. The number of carbonyl (C=O) groups excluding carboxylic acids is 1. The van der Waals surface area contributed by atoms with Gasteiger partial charge in [-0.3, -0.25) is 4.79 Å². The van der Waals surface area contributed by atoms with Gasteiger partial charge in [0.2, 0.25) is 0 Å². The second-order valence-corrected chi connectivity index (χ2v) is 5.55. The first-order valence-corrected chi connectivity index (χ1v) is 6.71. The van der Waals surface area contributed by atoms with Gasteiger partial charge in [-0.05, 0) is 34.1 Å². The topological polar surface area (TPSA) is 34.0 Å². The third-order valence-corrected chi connectivity index (χ3v) is 3.58. The molecule has 100 valence electrons. The molecule has 19 heavy (non-hydrogen) atoms. The lowest BCUT2D eigenvalue weighted by molar-refractivity contribution is 0.101. The van der Waals surface area contributed by atoms with E-state index < -0.39 is 5.82 Å². The van der Waals surface area contributed by atoms with Crippen LogP contribution >= 0.6 is 39.1 Å². The Morgan fingerprint density at radius 1 is 1.37 bits per heavy atom. The number of anilines is 1. The van der Waals surface area contributed by atoms with Gasteiger partial charge < -0.3 is 9.88 Å². The molecule has 2 rings (SSSR count). The zero-order valence-electron chi connectivity index (χ0n) is 9.68. The normalized spacial score (nSPS) is 10.6. The molecule has 0 spiro atoms. The van der Waals surface area contributed by atoms with Crippen molar-refractivity contribution in [2.45, 2.75) is 0 Å².